The lowest BCUT2D eigenvalue weighted by Gasteiger charge is -2.23. The molecule has 2 amide bonds. The minimum absolute atomic E-state index is 0.207. The largest absolute Gasteiger partial charge is 0.351 e. The molecule has 0 rings (SSSR count). The molecule has 0 aliphatic carbocycles. The lowest BCUT2D eigenvalue weighted by molar-refractivity contribution is -0.128. The lowest BCUT2D eigenvalue weighted by atomic mass is 10.3. The minimum atomic E-state index is -3.38. The second-order valence-corrected chi connectivity index (χ2v) is 6.17. The zero-order valence-corrected chi connectivity index (χ0v) is 11.8. The zero-order valence-electron chi connectivity index (χ0n) is 10.9. The van der Waals surface area contributed by atoms with Gasteiger partial charge in [0.05, 0.1) is 6.54 Å². The van der Waals surface area contributed by atoms with Crippen LogP contribution in [0.1, 0.15) is 13.8 Å². The van der Waals surface area contributed by atoms with Crippen LogP contribution in [0.2, 0.25) is 0 Å². The van der Waals surface area contributed by atoms with E-state index in [-0.39, 0.29) is 6.54 Å². The van der Waals surface area contributed by atoms with Gasteiger partial charge in [-0.15, -0.1) is 0 Å². The van der Waals surface area contributed by atoms with Gasteiger partial charge in [0.25, 0.3) is 0 Å². The standard InChI is InChI=1S/C9H20N3O5P/c1-6(11-8(13)5-10)9(14)12-7(2)18(15,16-3)17-4/h6-7H,5,10H2,1-4H3,(H,11,13)(H,12,14)/t6-,7+/m0/s1. The molecule has 8 nitrogen and oxygen atoms in total. The molecule has 2 atom stereocenters. The van der Waals surface area contributed by atoms with Gasteiger partial charge < -0.3 is 25.4 Å². The van der Waals surface area contributed by atoms with Crippen molar-refractivity contribution in [2.45, 2.75) is 25.7 Å². The zero-order chi connectivity index (χ0) is 14.3. The Hall–Kier alpha value is -0.950. The summed E-state index contributed by atoms with van der Waals surface area (Å²) in [6.45, 7) is 2.77. The van der Waals surface area contributed by atoms with Crippen LogP contribution in [-0.2, 0) is 23.2 Å². The molecule has 0 fully saturated rings. The summed E-state index contributed by atoms with van der Waals surface area (Å²) in [5.41, 5.74) is 5.11. The van der Waals surface area contributed by atoms with E-state index in [0.29, 0.717) is 0 Å². The van der Waals surface area contributed by atoms with Crippen LogP contribution in [0.3, 0.4) is 0 Å². The van der Waals surface area contributed by atoms with Crippen LogP contribution in [0.4, 0.5) is 0 Å². The fourth-order valence-corrected chi connectivity index (χ4v) is 2.23. The topological polar surface area (TPSA) is 120 Å². The third-order valence-electron chi connectivity index (χ3n) is 2.29. The van der Waals surface area contributed by atoms with Gasteiger partial charge >= 0.3 is 7.60 Å². The maximum Gasteiger partial charge on any atom is 0.351 e. The van der Waals surface area contributed by atoms with Crippen molar-refractivity contribution < 1.29 is 23.2 Å². The molecule has 0 aliphatic heterocycles. The van der Waals surface area contributed by atoms with E-state index >= 15 is 0 Å². The fraction of sp³-hybridized carbons (Fsp3) is 0.778. The van der Waals surface area contributed by atoms with Crippen molar-refractivity contribution in [3.05, 3.63) is 0 Å². The van der Waals surface area contributed by atoms with Crippen molar-refractivity contribution in [2.75, 3.05) is 20.8 Å². The first-order valence-electron chi connectivity index (χ1n) is 5.31. The number of nitrogens with two attached hydrogens (primary N) is 1. The summed E-state index contributed by atoms with van der Waals surface area (Å²) in [6, 6.07) is -0.786. The highest BCUT2D eigenvalue weighted by atomic mass is 31.2. The predicted octanol–water partition coefficient (Wildman–Crippen LogP) is -0.602. The average molecular weight is 281 g/mol. The summed E-state index contributed by atoms with van der Waals surface area (Å²) >= 11 is 0. The minimum Gasteiger partial charge on any atom is -0.343 e. The van der Waals surface area contributed by atoms with E-state index < -0.39 is 31.2 Å². The molecule has 0 saturated heterocycles. The van der Waals surface area contributed by atoms with Crippen LogP contribution in [0.25, 0.3) is 0 Å². The molecule has 0 aromatic carbocycles. The van der Waals surface area contributed by atoms with Crippen LogP contribution in [0.15, 0.2) is 0 Å². The van der Waals surface area contributed by atoms with Crippen LogP contribution in [-0.4, -0.2) is 44.4 Å². The predicted molar refractivity (Wildman–Crippen MR) is 65.9 cm³/mol. The first-order chi connectivity index (χ1) is 8.30. The molecule has 9 heteroatoms. The van der Waals surface area contributed by atoms with Gasteiger partial charge in [0.2, 0.25) is 11.8 Å². The molecule has 0 saturated carbocycles. The van der Waals surface area contributed by atoms with Gasteiger partial charge in [-0.3, -0.25) is 14.2 Å². The Balaban J connectivity index is 4.48. The number of carbonyl (C=O) groups is 2. The highest BCUT2D eigenvalue weighted by Gasteiger charge is 2.32. The SMILES string of the molecule is COP(=O)(OC)[C@H](C)NC(=O)[C@H](C)NC(=O)CN. The highest BCUT2D eigenvalue weighted by molar-refractivity contribution is 7.54. The smallest absolute Gasteiger partial charge is 0.343 e. The van der Waals surface area contributed by atoms with Crippen molar-refractivity contribution in [1.29, 1.82) is 0 Å². The molecule has 18 heavy (non-hydrogen) atoms. The molecule has 0 unspecified atom stereocenters. The summed E-state index contributed by atoms with van der Waals surface area (Å²) in [4.78, 5) is 22.7. The Morgan fingerprint density at radius 1 is 1.22 bits per heavy atom. The van der Waals surface area contributed by atoms with Gasteiger partial charge in [-0.2, -0.15) is 0 Å². The van der Waals surface area contributed by atoms with Crippen LogP contribution < -0.4 is 16.4 Å². The average Bonchev–Trinajstić information content (AvgIpc) is 2.36. The number of rotatable bonds is 7. The number of amides is 2. The van der Waals surface area contributed by atoms with Gasteiger partial charge in [-0.25, -0.2) is 0 Å². The Kier molecular flexibility index (Phi) is 7.08. The molecule has 0 bridgehead atoms. The number of hydrogen-bond donors (Lipinski definition) is 3. The first-order valence-corrected chi connectivity index (χ1v) is 6.93. The number of nitrogens with one attached hydrogen (secondary N) is 2. The van der Waals surface area contributed by atoms with E-state index in [0.717, 1.165) is 0 Å². The molecule has 0 radical (unpaired) electrons. The Morgan fingerprint density at radius 2 is 1.72 bits per heavy atom. The van der Waals surface area contributed by atoms with Crippen molar-refractivity contribution in [2.24, 2.45) is 5.73 Å². The molecule has 0 heterocycles. The number of carbonyl (C=O) groups excluding carboxylic acids is 2. The Bertz CT molecular complexity index is 341. The molecule has 0 aromatic rings. The summed E-state index contributed by atoms with van der Waals surface area (Å²) in [5.74, 6) is -1.78. The maximum absolute atomic E-state index is 11.9. The highest BCUT2D eigenvalue weighted by Crippen LogP contribution is 2.50. The van der Waals surface area contributed by atoms with E-state index in [1.807, 2.05) is 0 Å². The Labute approximate surface area is 106 Å². The van der Waals surface area contributed by atoms with Crippen LogP contribution in [0, 0.1) is 0 Å². The summed E-state index contributed by atoms with van der Waals surface area (Å²) < 4.78 is 21.4. The van der Waals surface area contributed by atoms with Crippen molar-refractivity contribution in [1.82, 2.24) is 10.6 Å². The third-order valence-corrected chi connectivity index (χ3v) is 4.39. The quantitative estimate of drug-likeness (QED) is 0.536. The van der Waals surface area contributed by atoms with Gasteiger partial charge in [-0.05, 0) is 13.8 Å². The summed E-state index contributed by atoms with van der Waals surface area (Å²) in [6.07, 6.45) is 0. The molecule has 0 aliphatic rings. The second-order valence-electron chi connectivity index (χ2n) is 3.58. The molecular weight excluding hydrogens is 261 g/mol. The monoisotopic (exact) mass is 281 g/mol. The maximum atomic E-state index is 11.9. The van der Waals surface area contributed by atoms with Crippen LogP contribution >= 0.6 is 7.60 Å². The van der Waals surface area contributed by atoms with Gasteiger partial charge in [0.1, 0.15) is 11.8 Å². The molecule has 106 valence electrons. The molecule has 4 N–H and O–H groups in total. The van der Waals surface area contributed by atoms with Crippen molar-refractivity contribution in [3.8, 4) is 0 Å². The fourth-order valence-electron chi connectivity index (χ4n) is 1.17. The van der Waals surface area contributed by atoms with E-state index in [9.17, 15) is 14.2 Å². The van der Waals surface area contributed by atoms with Crippen molar-refractivity contribution >= 4 is 19.4 Å². The number of hydrogen-bond acceptors (Lipinski definition) is 6. The first kappa shape index (κ1) is 17.1. The normalized spacial score (nSPS) is 14.7. The lowest BCUT2D eigenvalue weighted by Crippen LogP contribution is -2.48. The van der Waals surface area contributed by atoms with E-state index in [2.05, 4.69) is 10.6 Å². The van der Waals surface area contributed by atoms with E-state index in [1.54, 1.807) is 0 Å². The Morgan fingerprint density at radius 3 is 2.11 bits per heavy atom. The summed E-state index contributed by atoms with van der Waals surface area (Å²) in [7, 11) is -0.919. The third kappa shape index (κ3) is 4.73. The van der Waals surface area contributed by atoms with E-state index in [1.165, 1.54) is 28.1 Å². The van der Waals surface area contributed by atoms with Crippen LogP contribution in [0.5, 0.6) is 0 Å². The molecular formula is C9H20N3O5P. The molecule has 0 aromatic heterocycles. The second kappa shape index (κ2) is 7.48. The van der Waals surface area contributed by atoms with Gasteiger partial charge in [0, 0.05) is 14.2 Å². The molecule has 0 spiro atoms. The summed E-state index contributed by atoms with van der Waals surface area (Å²) in [5, 5.41) is 4.82. The van der Waals surface area contributed by atoms with Gasteiger partial charge in [-0.1, -0.05) is 0 Å². The van der Waals surface area contributed by atoms with Crippen molar-refractivity contribution in [3.63, 3.8) is 0 Å². The van der Waals surface area contributed by atoms with Gasteiger partial charge in [0.15, 0.2) is 0 Å². The van der Waals surface area contributed by atoms with E-state index in [4.69, 9.17) is 14.8 Å².